The number of benzene rings is 1. The number of phosphoric acid groups is 1. The van der Waals surface area contributed by atoms with Crippen molar-refractivity contribution in [2.75, 3.05) is 0 Å². The monoisotopic (exact) mass is 310 g/mol. The Morgan fingerprint density at radius 1 is 1.13 bits per heavy atom. The lowest BCUT2D eigenvalue weighted by Crippen LogP contribution is -1.93. The van der Waals surface area contributed by atoms with Crippen LogP contribution >= 0.6 is 54.8 Å². The molecule has 0 fully saturated rings. The van der Waals surface area contributed by atoms with Gasteiger partial charge >= 0.3 is 7.82 Å². The fraction of sp³-hybridized carbons (Fsp3) is 0. The Hall–Kier alpha value is 0.330. The predicted molar refractivity (Wildman–Crippen MR) is 58.6 cm³/mol. The van der Waals surface area contributed by atoms with Gasteiger partial charge in [-0.15, -0.1) is 0 Å². The van der Waals surface area contributed by atoms with Gasteiger partial charge in [0.05, 0.1) is 28.8 Å². The molecule has 0 bridgehead atoms. The van der Waals surface area contributed by atoms with Crippen molar-refractivity contribution in [1.82, 2.24) is 0 Å². The highest BCUT2D eigenvalue weighted by atomic mass is 35.5. The second-order valence-electron chi connectivity index (χ2n) is 2.23. The average molecular weight is 312 g/mol. The molecule has 0 N–H and O–H groups in total. The summed E-state index contributed by atoms with van der Waals surface area (Å²) in [4.78, 5) is 0. The third-order valence-corrected chi connectivity index (χ3v) is 3.87. The molecule has 0 spiro atoms. The van der Waals surface area contributed by atoms with Gasteiger partial charge in [0.1, 0.15) is 5.02 Å². The van der Waals surface area contributed by atoms with Gasteiger partial charge in [0.25, 0.3) is 0 Å². The van der Waals surface area contributed by atoms with Gasteiger partial charge < -0.3 is 4.52 Å². The molecule has 1 aromatic carbocycles. The van der Waals surface area contributed by atoms with Gasteiger partial charge in [-0.2, -0.15) is 8.15 Å². The number of hydrogen-bond acceptors (Lipinski definition) is 4. The third kappa shape index (κ3) is 3.40. The maximum atomic E-state index is 11.4. The van der Waals surface area contributed by atoms with Gasteiger partial charge in [-0.1, -0.05) is 29.3 Å². The Morgan fingerprint density at radius 2 is 1.73 bits per heavy atom. The molecule has 0 atom stereocenters. The zero-order valence-electron chi connectivity index (χ0n) is 6.82. The third-order valence-electron chi connectivity index (χ3n) is 1.30. The lowest BCUT2D eigenvalue weighted by Gasteiger charge is -2.12. The van der Waals surface area contributed by atoms with Crippen molar-refractivity contribution in [3.63, 3.8) is 0 Å². The van der Waals surface area contributed by atoms with E-state index in [2.05, 4.69) is 8.15 Å². The van der Waals surface area contributed by atoms with Crippen LogP contribution < -0.4 is 4.52 Å². The molecule has 0 radical (unpaired) electrons. The van der Waals surface area contributed by atoms with Gasteiger partial charge in [0.15, 0.2) is 5.75 Å². The van der Waals surface area contributed by atoms with Crippen LogP contribution in [0.3, 0.4) is 0 Å². The summed E-state index contributed by atoms with van der Waals surface area (Å²) in [5.74, 6) is -0.0196. The van der Waals surface area contributed by atoms with E-state index in [0.717, 1.165) is 0 Å². The van der Waals surface area contributed by atoms with Crippen molar-refractivity contribution in [3.05, 3.63) is 28.2 Å². The molecule has 0 aliphatic heterocycles. The standard InChI is InChI=1S/C6H3Cl4O4P/c7-4-2-1-3-5(6(4)8)12-15(11,13-9)14-10/h1-3H. The SMILES string of the molecule is O=P(OCl)(OCl)Oc1cccc(Cl)c1Cl. The molecule has 0 aliphatic rings. The molecule has 84 valence electrons. The highest BCUT2D eigenvalue weighted by Gasteiger charge is 2.30. The Morgan fingerprint density at radius 3 is 2.27 bits per heavy atom. The van der Waals surface area contributed by atoms with Gasteiger partial charge in [-0.25, -0.2) is 4.57 Å². The van der Waals surface area contributed by atoms with Gasteiger partial charge in [0, 0.05) is 0 Å². The molecule has 0 aromatic heterocycles. The van der Waals surface area contributed by atoms with Crippen LogP contribution in [0, 0.1) is 0 Å². The molecule has 0 saturated heterocycles. The Kier molecular flexibility index (Phi) is 5.00. The topological polar surface area (TPSA) is 44.8 Å². The van der Waals surface area contributed by atoms with Crippen LogP contribution in [0.5, 0.6) is 5.75 Å². The van der Waals surface area contributed by atoms with Crippen molar-refractivity contribution < 1.29 is 17.2 Å². The number of rotatable bonds is 4. The summed E-state index contributed by atoms with van der Waals surface area (Å²) in [6.07, 6.45) is 0. The minimum atomic E-state index is -4.06. The van der Waals surface area contributed by atoms with E-state index in [9.17, 15) is 4.57 Å². The molecule has 0 heterocycles. The van der Waals surface area contributed by atoms with E-state index in [0.29, 0.717) is 0 Å². The molecule has 0 saturated carbocycles. The average Bonchev–Trinajstić information content (AvgIpc) is 2.25. The summed E-state index contributed by atoms with van der Waals surface area (Å²) >= 11 is 21.2. The molecular formula is C6H3Cl4O4P. The summed E-state index contributed by atoms with van der Waals surface area (Å²) in [6, 6.07) is 4.44. The Balaban J connectivity index is 2.99. The zero-order valence-corrected chi connectivity index (χ0v) is 10.7. The Bertz CT molecular complexity index is 391. The van der Waals surface area contributed by atoms with E-state index in [1.54, 1.807) is 0 Å². The second kappa shape index (κ2) is 5.60. The van der Waals surface area contributed by atoms with E-state index in [1.165, 1.54) is 18.2 Å². The van der Waals surface area contributed by atoms with Crippen molar-refractivity contribution >= 4 is 54.8 Å². The van der Waals surface area contributed by atoms with E-state index in [4.69, 9.17) is 51.5 Å². The van der Waals surface area contributed by atoms with Crippen LogP contribution in [0.15, 0.2) is 18.2 Å². The fourth-order valence-electron chi connectivity index (χ4n) is 0.714. The highest BCUT2D eigenvalue weighted by Crippen LogP contribution is 2.53. The first kappa shape index (κ1) is 13.4. The highest BCUT2D eigenvalue weighted by molar-refractivity contribution is 7.50. The van der Waals surface area contributed by atoms with Crippen molar-refractivity contribution in [3.8, 4) is 5.75 Å². The Labute approximate surface area is 106 Å². The predicted octanol–water partition coefficient (Wildman–Crippen LogP) is 4.82. The molecule has 1 rings (SSSR count). The van der Waals surface area contributed by atoms with Crippen LogP contribution in [-0.2, 0) is 12.7 Å². The fourth-order valence-corrected chi connectivity index (χ4v) is 1.99. The van der Waals surface area contributed by atoms with Gasteiger partial charge in [0.2, 0.25) is 0 Å². The van der Waals surface area contributed by atoms with Crippen molar-refractivity contribution in [2.45, 2.75) is 0 Å². The summed E-state index contributed by atoms with van der Waals surface area (Å²) < 4.78 is 24.0. The lowest BCUT2D eigenvalue weighted by atomic mass is 10.3. The van der Waals surface area contributed by atoms with E-state index in [-0.39, 0.29) is 15.8 Å². The smallest absolute Gasteiger partial charge is 0.401 e. The molecule has 0 aliphatic carbocycles. The molecule has 0 amide bonds. The minimum absolute atomic E-state index is 0.0196. The lowest BCUT2D eigenvalue weighted by molar-refractivity contribution is 0.318. The van der Waals surface area contributed by atoms with Crippen LogP contribution in [-0.4, -0.2) is 0 Å². The van der Waals surface area contributed by atoms with E-state index < -0.39 is 7.82 Å². The first-order valence-corrected chi connectivity index (χ1v) is 6.20. The molecule has 4 nitrogen and oxygen atoms in total. The van der Waals surface area contributed by atoms with Crippen LogP contribution in [0.2, 0.25) is 10.0 Å². The molecule has 9 heteroatoms. The minimum Gasteiger partial charge on any atom is -0.401 e. The second-order valence-corrected chi connectivity index (χ2v) is 5.19. The van der Waals surface area contributed by atoms with Gasteiger partial charge in [-0.3, -0.25) is 0 Å². The normalized spacial score (nSPS) is 11.5. The van der Waals surface area contributed by atoms with Crippen LogP contribution in [0.1, 0.15) is 0 Å². The summed E-state index contributed by atoms with van der Waals surface area (Å²) in [5, 5.41) is 0.256. The number of hydrogen-bond donors (Lipinski definition) is 0. The van der Waals surface area contributed by atoms with Crippen molar-refractivity contribution in [1.29, 1.82) is 0 Å². The maximum absolute atomic E-state index is 11.4. The zero-order chi connectivity index (χ0) is 11.5. The summed E-state index contributed by atoms with van der Waals surface area (Å²) in [7, 11) is -4.06. The molecular weight excluding hydrogens is 309 g/mol. The van der Waals surface area contributed by atoms with Gasteiger partial charge in [-0.05, 0) is 12.1 Å². The van der Waals surface area contributed by atoms with E-state index >= 15 is 0 Å². The maximum Gasteiger partial charge on any atom is 0.563 e. The molecule has 1 aromatic rings. The summed E-state index contributed by atoms with van der Waals surface area (Å²) in [5.41, 5.74) is 0. The first-order chi connectivity index (χ1) is 7.02. The van der Waals surface area contributed by atoms with E-state index in [1.807, 2.05) is 0 Å². The first-order valence-electron chi connectivity index (χ1n) is 3.37. The molecule has 15 heavy (non-hydrogen) atoms. The van der Waals surface area contributed by atoms with Crippen molar-refractivity contribution in [2.24, 2.45) is 0 Å². The molecule has 0 unspecified atom stereocenters. The van der Waals surface area contributed by atoms with Crippen LogP contribution in [0.25, 0.3) is 0 Å². The summed E-state index contributed by atoms with van der Waals surface area (Å²) in [6.45, 7) is 0. The quantitative estimate of drug-likeness (QED) is 0.748. The largest absolute Gasteiger partial charge is 0.563 e. The number of halogens is 4. The van der Waals surface area contributed by atoms with Crippen LogP contribution in [0.4, 0.5) is 0 Å².